The van der Waals surface area contributed by atoms with Crippen molar-refractivity contribution in [1.29, 1.82) is 0 Å². The molecule has 2 aromatic rings. The highest BCUT2D eigenvalue weighted by molar-refractivity contribution is 5.98. The third kappa shape index (κ3) is 3.28. The van der Waals surface area contributed by atoms with E-state index in [1.165, 1.54) is 6.07 Å². The fraction of sp³-hybridized carbons (Fsp3) is 0.467. The highest BCUT2D eigenvalue weighted by Crippen LogP contribution is 2.31. The minimum Gasteiger partial charge on any atom is -0.365 e. The van der Waals surface area contributed by atoms with Gasteiger partial charge in [0.25, 0.3) is 11.6 Å². The van der Waals surface area contributed by atoms with Crippen LogP contribution in [0.3, 0.4) is 0 Å². The average Bonchev–Trinajstić information content (AvgIpc) is 3.10. The lowest BCUT2D eigenvalue weighted by Gasteiger charge is -2.33. The molecule has 10 nitrogen and oxygen atoms in total. The first-order valence-electron chi connectivity index (χ1n) is 8.08. The molecule has 3 heterocycles. The summed E-state index contributed by atoms with van der Waals surface area (Å²) in [6.45, 7) is 4.18. The molecule has 0 bridgehead atoms. The number of aryl methyl sites for hydroxylation is 1. The SMILES string of the molecule is CCn1cnnc1C1CCN(c2ncc([N+](=O)[O-])cc2C(N)=O)CC1. The molecule has 1 amide bonds. The van der Waals surface area contributed by atoms with Crippen molar-refractivity contribution >= 4 is 17.4 Å². The first-order valence-corrected chi connectivity index (χ1v) is 8.08. The second-order valence-corrected chi connectivity index (χ2v) is 5.92. The maximum Gasteiger partial charge on any atom is 0.288 e. The molecular formula is C15H19N7O3. The van der Waals surface area contributed by atoms with Crippen LogP contribution in [-0.2, 0) is 6.54 Å². The number of piperidine rings is 1. The van der Waals surface area contributed by atoms with E-state index in [-0.39, 0.29) is 17.2 Å². The van der Waals surface area contributed by atoms with E-state index in [9.17, 15) is 14.9 Å². The van der Waals surface area contributed by atoms with E-state index in [2.05, 4.69) is 15.2 Å². The Kier molecular flexibility index (Phi) is 4.59. The fourth-order valence-electron chi connectivity index (χ4n) is 3.15. The van der Waals surface area contributed by atoms with Crippen molar-refractivity contribution < 1.29 is 9.72 Å². The number of nitro groups is 1. The van der Waals surface area contributed by atoms with Crippen LogP contribution in [0.25, 0.3) is 0 Å². The Hall–Kier alpha value is -3.04. The number of hydrogen-bond acceptors (Lipinski definition) is 7. The van der Waals surface area contributed by atoms with Gasteiger partial charge in [-0.1, -0.05) is 0 Å². The summed E-state index contributed by atoms with van der Waals surface area (Å²) in [5.41, 5.74) is 5.21. The third-order valence-electron chi connectivity index (χ3n) is 4.47. The maximum atomic E-state index is 11.7. The summed E-state index contributed by atoms with van der Waals surface area (Å²) in [7, 11) is 0. The number of pyridine rings is 1. The summed E-state index contributed by atoms with van der Waals surface area (Å²) in [4.78, 5) is 28.0. The lowest BCUT2D eigenvalue weighted by atomic mass is 9.95. The Morgan fingerprint density at radius 2 is 2.16 bits per heavy atom. The highest BCUT2D eigenvalue weighted by atomic mass is 16.6. The second-order valence-electron chi connectivity index (χ2n) is 5.92. The molecule has 1 saturated heterocycles. The summed E-state index contributed by atoms with van der Waals surface area (Å²) in [5, 5.41) is 19.1. The number of primary amides is 1. The molecule has 1 fully saturated rings. The zero-order valence-electron chi connectivity index (χ0n) is 13.8. The van der Waals surface area contributed by atoms with Gasteiger partial charge in [-0.15, -0.1) is 10.2 Å². The second kappa shape index (κ2) is 6.83. The maximum absolute atomic E-state index is 11.7. The molecule has 0 saturated carbocycles. The van der Waals surface area contributed by atoms with Gasteiger partial charge in [-0.25, -0.2) is 4.98 Å². The van der Waals surface area contributed by atoms with Gasteiger partial charge >= 0.3 is 0 Å². The van der Waals surface area contributed by atoms with Crippen molar-refractivity contribution in [2.24, 2.45) is 5.73 Å². The smallest absolute Gasteiger partial charge is 0.288 e. The van der Waals surface area contributed by atoms with Crippen molar-refractivity contribution in [3.05, 3.63) is 40.1 Å². The predicted octanol–water partition coefficient (Wildman–Crippen LogP) is 1.08. The number of amides is 1. The molecule has 1 aliphatic heterocycles. The molecule has 3 rings (SSSR count). The van der Waals surface area contributed by atoms with E-state index in [4.69, 9.17) is 5.73 Å². The van der Waals surface area contributed by atoms with Gasteiger partial charge in [0.15, 0.2) is 0 Å². The normalized spacial score (nSPS) is 15.3. The number of aromatic nitrogens is 4. The first kappa shape index (κ1) is 16.8. The molecule has 0 atom stereocenters. The van der Waals surface area contributed by atoms with Crippen LogP contribution in [-0.4, -0.2) is 43.7 Å². The molecule has 2 aromatic heterocycles. The Morgan fingerprint density at radius 3 is 2.76 bits per heavy atom. The van der Waals surface area contributed by atoms with Gasteiger partial charge in [-0.3, -0.25) is 14.9 Å². The zero-order chi connectivity index (χ0) is 18.0. The lowest BCUT2D eigenvalue weighted by molar-refractivity contribution is -0.385. The predicted molar refractivity (Wildman–Crippen MR) is 89.3 cm³/mol. The number of carbonyl (C=O) groups is 1. The van der Waals surface area contributed by atoms with Crippen LogP contribution in [0, 0.1) is 10.1 Å². The Balaban J connectivity index is 1.79. The zero-order valence-corrected chi connectivity index (χ0v) is 13.8. The van der Waals surface area contributed by atoms with E-state index in [0.29, 0.717) is 18.9 Å². The van der Waals surface area contributed by atoms with Crippen molar-refractivity contribution in [3.8, 4) is 0 Å². The summed E-state index contributed by atoms with van der Waals surface area (Å²) in [6, 6.07) is 1.18. The largest absolute Gasteiger partial charge is 0.365 e. The molecule has 1 aliphatic rings. The van der Waals surface area contributed by atoms with Crippen LogP contribution < -0.4 is 10.6 Å². The topological polar surface area (TPSA) is 133 Å². The Labute approximate surface area is 143 Å². The first-order chi connectivity index (χ1) is 12.0. The number of hydrogen-bond donors (Lipinski definition) is 1. The molecule has 0 aromatic carbocycles. The van der Waals surface area contributed by atoms with E-state index < -0.39 is 10.8 Å². The van der Waals surface area contributed by atoms with Crippen LogP contribution in [0.2, 0.25) is 0 Å². The minimum atomic E-state index is -0.723. The summed E-state index contributed by atoms with van der Waals surface area (Å²) < 4.78 is 2.03. The summed E-state index contributed by atoms with van der Waals surface area (Å²) >= 11 is 0. The third-order valence-corrected chi connectivity index (χ3v) is 4.47. The van der Waals surface area contributed by atoms with Crippen LogP contribution in [0.1, 0.15) is 41.9 Å². The molecule has 0 aliphatic carbocycles. The number of nitrogens with zero attached hydrogens (tertiary/aromatic N) is 6. The van der Waals surface area contributed by atoms with E-state index in [1.807, 2.05) is 16.4 Å². The van der Waals surface area contributed by atoms with Gasteiger partial charge in [0.2, 0.25) is 0 Å². The molecule has 25 heavy (non-hydrogen) atoms. The Bertz CT molecular complexity index is 796. The number of rotatable bonds is 5. The van der Waals surface area contributed by atoms with Gasteiger partial charge < -0.3 is 15.2 Å². The molecule has 10 heteroatoms. The van der Waals surface area contributed by atoms with Crippen molar-refractivity contribution in [1.82, 2.24) is 19.7 Å². The standard InChI is InChI=1S/C15H19N7O3/c1-2-20-9-18-19-14(20)10-3-5-21(6-4-10)15-12(13(16)23)7-11(8-17-15)22(24)25/h7-10H,2-6H2,1H3,(H2,16,23). The van der Waals surface area contributed by atoms with Crippen LogP contribution >= 0.6 is 0 Å². The monoisotopic (exact) mass is 345 g/mol. The molecule has 0 radical (unpaired) electrons. The van der Waals surface area contributed by atoms with Crippen LogP contribution in [0.5, 0.6) is 0 Å². The van der Waals surface area contributed by atoms with Crippen molar-refractivity contribution in [2.75, 3.05) is 18.0 Å². The van der Waals surface area contributed by atoms with Gasteiger partial charge in [0.1, 0.15) is 24.2 Å². The van der Waals surface area contributed by atoms with Gasteiger partial charge in [-0.2, -0.15) is 0 Å². The van der Waals surface area contributed by atoms with Crippen molar-refractivity contribution in [2.45, 2.75) is 32.2 Å². The number of anilines is 1. The molecular weight excluding hydrogens is 326 g/mol. The summed E-state index contributed by atoms with van der Waals surface area (Å²) in [5.74, 6) is 0.926. The molecule has 132 valence electrons. The summed E-state index contributed by atoms with van der Waals surface area (Å²) in [6.07, 6.45) is 4.54. The Morgan fingerprint density at radius 1 is 1.44 bits per heavy atom. The number of nitrogens with two attached hydrogens (primary N) is 1. The quantitative estimate of drug-likeness (QED) is 0.633. The van der Waals surface area contributed by atoms with Crippen molar-refractivity contribution in [3.63, 3.8) is 0 Å². The van der Waals surface area contributed by atoms with Gasteiger partial charge in [0.05, 0.1) is 10.5 Å². The van der Waals surface area contributed by atoms with E-state index >= 15 is 0 Å². The molecule has 0 unspecified atom stereocenters. The van der Waals surface area contributed by atoms with Crippen LogP contribution in [0.15, 0.2) is 18.6 Å². The van der Waals surface area contributed by atoms with E-state index in [1.54, 1.807) is 6.33 Å². The lowest BCUT2D eigenvalue weighted by Crippen LogP contribution is -2.35. The van der Waals surface area contributed by atoms with E-state index in [0.717, 1.165) is 31.4 Å². The molecule has 2 N–H and O–H groups in total. The van der Waals surface area contributed by atoms with Crippen LogP contribution in [0.4, 0.5) is 11.5 Å². The van der Waals surface area contributed by atoms with Gasteiger partial charge in [-0.05, 0) is 19.8 Å². The fourth-order valence-corrected chi connectivity index (χ4v) is 3.15. The minimum absolute atomic E-state index is 0.0735. The highest BCUT2D eigenvalue weighted by Gasteiger charge is 2.27. The molecule has 0 spiro atoms. The van der Waals surface area contributed by atoms with Gasteiger partial charge in [0, 0.05) is 31.6 Å². The average molecular weight is 345 g/mol. The number of carbonyl (C=O) groups excluding carboxylic acids is 1.